The van der Waals surface area contributed by atoms with E-state index in [1.807, 2.05) is 0 Å². The van der Waals surface area contributed by atoms with Gasteiger partial charge in [0, 0.05) is 51.0 Å². The molecule has 0 saturated carbocycles. The molecule has 0 bridgehead atoms. The van der Waals surface area contributed by atoms with Gasteiger partial charge in [-0.2, -0.15) is 0 Å². The maximum Gasteiger partial charge on any atom is 0.238 e. The quantitative estimate of drug-likeness (QED) is 0.864. The number of piperazine rings is 1. The van der Waals surface area contributed by atoms with Gasteiger partial charge in [0.15, 0.2) is 0 Å². The zero-order chi connectivity index (χ0) is 16.2. The number of anilines is 1. The Labute approximate surface area is 146 Å². The largest absolute Gasteiger partial charge is 0.325 e. The molecule has 2 aliphatic heterocycles. The Morgan fingerprint density at radius 2 is 2.00 bits per heavy atom. The minimum Gasteiger partial charge on any atom is -0.325 e. The number of carbonyl (C=O) groups is 1. The van der Waals surface area contributed by atoms with Crippen molar-refractivity contribution in [3.63, 3.8) is 0 Å². The summed E-state index contributed by atoms with van der Waals surface area (Å²) in [5.41, 5.74) is 0.683. The van der Waals surface area contributed by atoms with Gasteiger partial charge in [0.1, 0.15) is 0 Å². The molecule has 2 N–H and O–H groups in total. The molecule has 1 aromatic rings. The van der Waals surface area contributed by atoms with Gasteiger partial charge in [-0.1, -0.05) is 23.2 Å². The van der Waals surface area contributed by atoms with Gasteiger partial charge >= 0.3 is 0 Å². The molecule has 1 amide bonds. The van der Waals surface area contributed by atoms with Crippen LogP contribution in [0.4, 0.5) is 5.69 Å². The van der Waals surface area contributed by atoms with Gasteiger partial charge < -0.3 is 10.6 Å². The molecule has 0 aromatic heterocycles. The van der Waals surface area contributed by atoms with Crippen molar-refractivity contribution in [2.75, 3.05) is 51.1 Å². The molecule has 1 atom stereocenters. The monoisotopic (exact) mass is 356 g/mol. The van der Waals surface area contributed by atoms with Gasteiger partial charge in [-0.05, 0) is 24.6 Å². The van der Waals surface area contributed by atoms with Crippen LogP contribution < -0.4 is 10.6 Å². The number of benzene rings is 1. The number of hydrogen-bond donors (Lipinski definition) is 2. The molecule has 2 heterocycles. The van der Waals surface area contributed by atoms with Gasteiger partial charge in [0.25, 0.3) is 0 Å². The van der Waals surface area contributed by atoms with Crippen molar-refractivity contribution in [1.82, 2.24) is 15.1 Å². The zero-order valence-electron chi connectivity index (χ0n) is 13.0. The summed E-state index contributed by atoms with van der Waals surface area (Å²) in [4.78, 5) is 17.0. The smallest absolute Gasteiger partial charge is 0.238 e. The second-order valence-corrected chi connectivity index (χ2v) is 6.96. The first kappa shape index (κ1) is 17.0. The second-order valence-electron chi connectivity index (χ2n) is 6.14. The van der Waals surface area contributed by atoms with Crippen LogP contribution in [0.5, 0.6) is 0 Å². The van der Waals surface area contributed by atoms with E-state index in [1.54, 1.807) is 18.2 Å². The van der Waals surface area contributed by atoms with Gasteiger partial charge in [-0.3, -0.25) is 14.6 Å². The number of halogens is 2. The Morgan fingerprint density at radius 3 is 2.74 bits per heavy atom. The maximum absolute atomic E-state index is 12.2. The molecule has 126 valence electrons. The highest BCUT2D eigenvalue weighted by Gasteiger charge is 2.29. The Hall–Kier alpha value is -0.850. The molecule has 2 aliphatic rings. The van der Waals surface area contributed by atoms with Gasteiger partial charge in [-0.15, -0.1) is 0 Å². The van der Waals surface area contributed by atoms with Crippen LogP contribution in [-0.2, 0) is 4.79 Å². The van der Waals surface area contributed by atoms with Crippen molar-refractivity contribution in [1.29, 1.82) is 0 Å². The van der Waals surface area contributed by atoms with Crippen LogP contribution in [0.25, 0.3) is 0 Å². The molecule has 2 fully saturated rings. The van der Waals surface area contributed by atoms with E-state index < -0.39 is 0 Å². The first-order valence-corrected chi connectivity index (χ1v) is 8.79. The van der Waals surface area contributed by atoms with Crippen molar-refractivity contribution < 1.29 is 4.79 Å². The molecular weight excluding hydrogens is 335 g/mol. The van der Waals surface area contributed by atoms with E-state index in [2.05, 4.69) is 20.4 Å². The summed E-state index contributed by atoms with van der Waals surface area (Å²) in [5, 5.41) is 7.20. The Bertz CT molecular complexity index is 563. The van der Waals surface area contributed by atoms with Crippen molar-refractivity contribution in [2.45, 2.75) is 12.5 Å². The summed E-state index contributed by atoms with van der Waals surface area (Å²) in [5.74, 6) is -0.00986. The summed E-state index contributed by atoms with van der Waals surface area (Å²) < 4.78 is 0. The number of rotatable bonds is 4. The van der Waals surface area contributed by atoms with E-state index in [0.29, 0.717) is 28.3 Å². The van der Waals surface area contributed by atoms with Crippen molar-refractivity contribution in [3.05, 3.63) is 28.2 Å². The molecule has 1 unspecified atom stereocenters. The molecule has 5 nitrogen and oxygen atoms in total. The predicted octanol–water partition coefficient (Wildman–Crippen LogP) is 1.91. The third-order valence-corrected chi connectivity index (χ3v) is 5.23. The molecule has 23 heavy (non-hydrogen) atoms. The highest BCUT2D eigenvalue weighted by Crippen LogP contribution is 2.25. The molecule has 1 aromatic carbocycles. The zero-order valence-corrected chi connectivity index (χ0v) is 14.5. The third kappa shape index (κ3) is 4.58. The number of carbonyl (C=O) groups excluding carboxylic acids is 1. The highest BCUT2D eigenvalue weighted by atomic mass is 35.5. The molecule has 7 heteroatoms. The first-order valence-electron chi connectivity index (χ1n) is 8.04. The van der Waals surface area contributed by atoms with Gasteiger partial charge in [0.2, 0.25) is 5.91 Å². The molecule has 0 aliphatic carbocycles. The molecule has 0 radical (unpaired) electrons. The summed E-state index contributed by atoms with van der Waals surface area (Å²) in [7, 11) is 0. The normalized spacial score (nSPS) is 23.1. The Kier molecular flexibility index (Phi) is 5.77. The van der Waals surface area contributed by atoms with E-state index in [-0.39, 0.29) is 5.91 Å². The number of amides is 1. The third-order valence-electron chi connectivity index (χ3n) is 4.49. The number of nitrogens with zero attached hydrogens (tertiary/aromatic N) is 2. The lowest BCUT2D eigenvalue weighted by Crippen LogP contribution is -2.49. The SMILES string of the molecule is O=C(CN1CCC(N2CCNCC2)C1)Nc1ccc(Cl)c(Cl)c1. The van der Waals surface area contributed by atoms with Crippen molar-refractivity contribution >= 4 is 34.8 Å². The van der Waals surface area contributed by atoms with Crippen LogP contribution in [0.15, 0.2) is 18.2 Å². The Balaban J connectivity index is 1.47. The molecular formula is C16H22Cl2N4O. The predicted molar refractivity (Wildman–Crippen MR) is 94.4 cm³/mol. The average Bonchev–Trinajstić information content (AvgIpc) is 3.00. The van der Waals surface area contributed by atoms with Gasteiger partial charge in [-0.25, -0.2) is 0 Å². The van der Waals surface area contributed by atoms with E-state index in [4.69, 9.17) is 23.2 Å². The second kappa shape index (κ2) is 7.81. The van der Waals surface area contributed by atoms with E-state index >= 15 is 0 Å². The topological polar surface area (TPSA) is 47.6 Å². The maximum atomic E-state index is 12.2. The van der Waals surface area contributed by atoms with E-state index in [1.165, 1.54) is 0 Å². The van der Waals surface area contributed by atoms with E-state index in [9.17, 15) is 4.79 Å². The van der Waals surface area contributed by atoms with Crippen LogP contribution in [0.3, 0.4) is 0 Å². The lowest BCUT2D eigenvalue weighted by Gasteiger charge is -2.32. The minimum absolute atomic E-state index is 0.00986. The summed E-state index contributed by atoms with van der Waals surface area (Å²) >= 11 is 11.9. The van der Waals surface area contributed by atoms with Crippen LogP contribution >= 0.6 is 23.2 Å². The summed E-state index contributed by atoms with van der Waals surface area (Å²) in [6.45, 7) is 6.70. The minimum atomic E-state index is -0.00986. The van der Waals surface area contributed by atoms with Gasteiger partial charge in [0.05, 0.1) is 16.6 Å². The number of nitrogens with one attached hydrogen (secondary N) is 2. The Morgan fingerprint density at radius 1 is 1.22 bits per heavy atom. The van der Waals surface area contributed by atoms with E-state index in [0.717, 1.165) is 45.7 Å². The summed E-state index contributed by atoms with van der Waals surface area (Å²) in [6.07, 6.45) is 1.14. The number of hydrogen-bond acceptors (Lipinski definition) is 4. The summed E-state index contributed by atoms with van der Waals surface area (Å²) in [6, 6.07) is 5.71. The fraction of sp³-hybridized carbons (Fsp3) is 0.562. The fourth-order valence-corrected chi connectivity index (χ4v) is 3.58. The van der Waals surface area contributed by atoms with Crippen LogP contribution in [-0.4, -0.2) is 67.6 Å². The molecule has 2 saturated heterocycles. The molecule has 0 spiro atoms. The number of likely N-dealkylation sites (tertiary alicyclic amines) is 1. The van der Waals surface area contributed by atoms with Crippen LogP contribution in [0.2, 0.25) is 10.0 Å². The van der Waals surface area contributed by atoms with Crippen LogP contribution in [0.1, 0.15) is 6.42 Å². The first-order chi connectivity index (χ1) is 11.1. The lowest BCUT2D eigenvalue weighted by molar-refractivity contribution is -0.117. The fourth-order valence-electron chi connectivity index (χ4n) is 3.28. The van der Waals surface area contributed by atoms with Crippen molar-refractivity contribution in [2.24, 2.45) is 0 Å². The average molecular weight is 357 g/mol. The molecule has 3 rings (SSSR count). The lowest BCUT2D eigenvalue weighted by atomic mass is 10.2. The highest BCUT2D eigenvalue weighted by molar-refractivity contribution is 6.42. The van der Waals surface area contributed by atoms with Crippen molar-refractivity contribution in [3.8, 4) is 0 Å². The standard InChI is InChI=1S/C16H22Cl2N4O/c17-14-2-1-12(9-15(14)18)20-16(23)11-21-6-3-13(10-21)22-7-4-19-5-8-22/h1-2,9,13,19H,3-8,10-11H2,(H,20,23). The van der Waals surface area contributed by atoms with Crippen LogP contribution in [0, 0.1) is 0 Å².